The van der Waals surface area contributed by atoms with Crippen molar-refractivity contribution in [3.63, 3.8) is 0 Å². The average molecular weight is 358 g/mol. The fourth-order valence-electron chi connectivity index (χ4n) is 2.81. The third-order valence-corrected chi connectivity index (χ3v) is 6.35. The van der Waals surface area contributed by atoms with Gasteiger partial charge in [0.05, 0.1) is 9.79 Å². The molecule has 0 bridgehead atoms. The topological polar surface area (TPSA) is 74.8 Å². The first-order valence-corrected chi connectivity index (χ1v) is 9.15. The molecule has 0 saturated carbocycles. The number of fused-ring (bicyclic) bond motifs is 3. The van der Waals surface area contributed by atoms with E-state index < -0.39 is 9.84 Å². The van der Waals surface area contributed by atoms with Gasteiger partial charge in [-0.2, -0.15) is 0 Å². The Morgan fingerprint density at radius 2 is 1.12 bits per heavy atom. The highest BCUT2D eigenvalue weighted by molar-refractivity contribution is 7.92. The SMILES string of the molecule is CC(=O)N(C)c1ccc2c(c1)S(=O)(=O)c1cc(N(C)C(C)=O)ccc1-2. The van der Waals surface area contributed by atoms with Crippen LogP contribution in [0.3, 0.4) is 0 Å². The molecule has 0 N–H and O–H groups in total. The summed E-state index contributed by atoms with van der Waals surface area (Å²) in [5.41, 5.74) is 2.24. The fourth-order valence-corrected chi connectivity index (χ4v) is 4.53. The molecule has 0 radical (unpaired) electrons. The molecular formula is C18H18N2O4S. The van der Waals surface area contributed by atoms with Crippen LogP contribution in [-0.4, -0.2) is 34.3 Å². The van der Waals surface area contributed by atoms with Crippen molar-refractivity contribution in [2.45, 2.75) is 23.6 Å². The lowest BCUT2D eigenvalue weighted by molar-refractivity contribution is -0.117. The molecule has 0 unspecified atom stereocenters. The molecule has 0 aliphatic carbocycles. The van der Waals surface area contributed by atoms with Gasteiger partial charge in [0.2, 0.25) is 21.7 Å². The van der Waals surface area contributed by atoms with Crippen molar-refractivity contribution in [3.05, 3.63) is 36.4 Å². The van der Waals surface area contributed by atoms with Crippen molar-refractivity contribution in [3.8, 4) is 11.1 Å². The first-order valence-electron chi connectivity index (χ1n) is 7.66. The highest BCUT2D eigenvalue weighted by Gasteiger charge is 2.34. The van der Waals surface area contributed by atoms with Crippen LogP contribution in [0.1, 0.15) is 13.8 Å². The van der Waals surface area contributed by atoms with Crippen LogP contribution in [0.15, 0.2) is 46.2 Å². The fraction of sp³-hybridized carbons (Fsp3) is 0.222. The van der Waals surface area contributed by atoms with Crippen molar-refractivity contribution >= 4 is 33.0 Å². The van der Waals surface area contributed by atoms with Crippen molar-refractivity contribution in [2.24, 2.45) is 0 Å². The Kier molecular flexibility index (Phi) is 3.91. The molecule has 2 aromatic carbocycles. The summed E-state index contributed by atoms with van der Waals surface area (Å²) in [7, 11) is -0.512. The second kappa shape index (κ2) is 5.70. The van der Waals surface area contributed by atoms with Crippen LogP contribution >= 0.6 is 0 Å². The largest absolute Gasteiger partial charge is 0.316 e. The van der Waals surface area contributed by atoms with Crippen molar-refractivity contribution < 1.29 is 18.0 Å². The molecule has 0 saturated heterocycles. The van der Waals surface area contributed by atoms with Crippen LogP contribution < -0.4 is 9.80 Å². The van der Waals surface area contributed by atoms with E-state index in [0.29, 0.717) is 22.5 Å². The van der Waals surface area contributed by atoms with Crippen LogP contribution in [0.25, 0.3) is 11.1 Å². The van der Waals surface area contributed by atoms with Gasteiger partial charge in [-0.1, -0.05) is 12.1 Å². The summed E-state index contributed by atoms with van der Waals surface area (Å²) < 4.78 is 25.9. The van der Waals surface area contributed by atoms with Crippen molar-refractivity contribution in [2.75, 3.05) is 23.9 Å². The highest BCUT2D eigenvalue weighted by atomic mass is 32.2. The van der Waals surface area contributed by atoms with Gasteiger partial charge in [0.1, 0.15) is 0 Å². The van der Waals surface area contributed by atoms with Gasteiger partial charge >= 0.3 is 0 Å². The maximum atomic E-state index is 13.0. The summed E-state index contributed by atoms with van der Waals surface area (Å²) in [6, 6.07) is 9.89. The van der Waals surface area contributed by atoms with E-state index >= 15 is 0 Å². The zero-order valence-corrected chi connectivity index (χ0v) is 15.2. The lowest BCUT2D eigenvalue weighted by atomic mass is 10.0. The first-order chi connectivity index (χ1) is 11.6. The number of anilines is 2. The molecule has 3 rings (SSSR count). The standard InChI is InChI=1S/C18H18N2O4S/c1-11(21)19(3)13-5-7-15-16-8-6-14(20(4)12(2)22)10-18(16)25(23,24)17(15)9-13/h5-10H,1-4H3. The first kappa shape index (κ1) is 17.2. The molecule has 0 spiro atoms. The Hall–Kier alpha value is -2.67. The van der Waals surface area contributed by atoms with Gasteiger partial charge in [-0.15, -0.1) is 0 Å². The van der Waals surface area contributed by atoms with E-state index in [-0.39, 0.29) is 21.6 Å². The summed E-state index contributed by atoms with van der Waals surface area (Å²) in [4.78, 5) is 26.2. The number of amides is 2. The van der Waals surface area contributed by atoms with E-state index in [0.717, 1.165) is 0 Å². The van der Waals surface area contributed by atoms with Gasteiger partial charge in [-0.25, -0.2) is 8.42 Å². The predicted octanol–water partition coefficient (Wildman–Crippen LogP) is 2.47. The molecule has 1 aliphatic rings. The molecule has 6 nitrogen and oxygen atoms in total. The molecule has 0 aromatic heterocycles. The molecule has 1 heterocycles. The lowest BCUT2D eigenvalue weighted by Crippen LogP contribution is -2.23. The second-order valence-electron chi connectivity index (χ2n) is 6.02. The number of sulfone groups is 1. The van der Waals surface area contributed by atoms with Crippen LogP contribution in [0.4, 0.5) is 11.4 Å². The van der Waals surface area contributed by atoms with Crippen LogP contribution in [0.2, 0.25) is 0 Å². The van der Waals surface area contributed by atoms with Gasteiger partial charge in [-0.05, 0) is 24.3 Å². The van der Waals surface area contributed by atoms with Crippen LogP contribution in [0, 0.1) is 0 Å². The molecule has 130 valence electrons. The van der Waals surface area contributed by atoms with Gasteiger partial charge in [-0.3, -0.25) is 9.59 Å². The van der Waals surface area contributed by atoms with E-state index in [2.05, 4.69) is 0 Å². The molecule has 0 atom stereocenters. The number of hydrogen-bond acceptors (Lipinski definition) is 4. The Morgan fingerprint density at radius 3 is 1.44 bits per heavy atom. The minimum Gasteiger partial charge on any atom is -0.316 e. The third kappa shape index (κ3) is 2.60. The molecule has 0 fully saturated rings. The van der Waals surface area contributed by atoms with Gasteiger partial charge in [0, 0.05) is 50.4 Å². The van der Waals surface area contributed by atoms with Crippen molar-refractivity contribution in [1.29, 1.82) is 0 Å². The Balaban J connectivity index is 2.17. The molecule has 1 aliphatic heterocycles. The maximum absolute atomic E-state index is 13.0. The Labute approximate surface area is 146 Å². The zero-order chi connectivity index (χ0) is 18.5. The Bertz CT molecular complexity index is 936. The average Bonchev–Trinajstić information content (AvgIpc) is 2.80. The predicted molar refractivity (Wildman–Crippen MR) is 95.5 cm³/mol. The van der Waals surface area contributed by atoms with Gasteiger partial charge in [0.25, 0.3) is 0 Å². The quantitative estimate of drug-likeness (QED) is 0.705. The molecule has 2 amide bonds. The number of carbonyl (C=O) groups excluding carboxylic acids is 2. The summed E-state index contributed by atoms with van der Waals surface area (Å²) in [6.45, 7) is 2.83. The van der Waals surface area contributed by atoms with E-state index in [4.69, 9.17) is 0 Å². The summed E-state index contributed by atoms with van der Waals surface area (Å²) >= 11 is 0. The highest BCUT2D eigenvalue weighted by Crippen LogP contribution is 2.45. The third-order valence-electron chi connectivity index (χ3n) is 4.52. The van der Waals surface area contributed by atoms with Gasteiger partial charge < -0.3 is 9.80 Å². The molecular weight excluding hydrogens is 340 g/mol. The molecule has 25 heavy (non-hydrogen) atoms. The molecule has 2 aromatic rings. The number of nitrogens with zero attached hydrogens (tertiary/aromatic N) is 2. The summed E-state index contributed by atoms with van der Waals surface area (Å²) in [5, 5.41) is 0. The summed E-state index contributed by atoms with van der Waals surface area (Å²) in [6.07, 6.45) is 0. The number of hydrogen-bond donors (Lipinski definition) is 0. The lowest BCUT2D eigenvalue weighted by Gasteiger charge is -2.15. The van der Waals surface area contributed by atoms with E-state index in [1.165, 1.54) is 35.8 Å². The van der Waals surface area contributed by atoms with E-state index in [9.17, 15) is 18.0 Å². The van der Waals surface area contributed by atoms with Crippen molar-refractivity contribution in [1.82, 2.24) is 0 Å². The van der Waals surface area contributed by atoms with Gasteiger partial charge in [0.15, 0.2) is 0 Å². The minimum atomic E-state index is -3.70. The molecule has 7 heteroatoms. The number of benzene rings is 2. The number of carbonyl (C=O) groups is 2. The minimum absolute atomic E-state index is 0.177. The zero-order valence-electron chi connectivity index (χ0n) is 14.4. The maximum Gasteiger partial charge on any atom is 0.223 e. The van der Waals surface area contributed by atoms with E-state index in [1.54, 1.807) is 38.4 Å². The van der Waals surface area contributed by atoms with Crippen LogP contribution in [-0.2, 0) is 19.4 Å². The monoisotopic (exact) mass is 358 g/mol. The normalized spacial score (nSPS) is 13.8. The smallest absolute Gasteiger partial charge is 0.223 e. The number of rotatable bonds is 2. The Morgan fingerprint density at radius 1 is 0.760 bits per heavy atom. The van der Waals surface area contributed by atoms with E-state index in [1.807, 2.05) is 0 Å². The second-order valence-corrected chi connectivity index (χ2v) is 7.91. The summed E-state index contributed by atoms with van der Waals surface area (Å²) in [5.74, 6) is -0.364. The van der Waals surface area contributed by atoms with Crippen LogP contribution in [0.5, 0.6) is 0 Å².